The first-order valence-electron chi connectivity index (χ1n) is 15.0. The number of carbonyl (C=O) groups is 1. The van der Waals surface area contributed by atoms with Gasteiger partial charge in [-0.15, -0.1) is 0 Å². The van der Waals surface area contributed by atoms with Crippen LogP contribution in [0.1, 0.15) is 98.3 Å². The van der Waals surface area contributed by atoms with Crippen molar-refractivity contribution in [1.29, 1.82) is 0 Å². The van der Waals surface area contributed by atoms with Crippen molar-refractivity contribution in [3.05, 3.63) is 30.3 Å². The Hall–Kier alpha value is -1.60. The molecule has 5 rings (SSSR count). The summed E-state index contributed by atoms with van der Waals surface area (Å²) >= 11 is 0. The fraction of sp³-hybridized carbons (Fsp3) is 0.774. The molecule has 4 fully saturated rings. The minimum absolute atomic E-state index is 0.217. The monoisotopic (exact) mass is 546 g/mol. The van der Waals surface area contributed by atoms with E-state index in [1.165, 1.54) is 44.9 Å². The molecule has 5 unspecified atom stereocenters. The quantitative estimate of drug-likeness (QED) is 0.255. The number of rotatable bonds is 7. The largest absolute Gasteiger partial charge is 0.531 e. The van der Waals surface area contributed by atoms with Crippen molar-refractivity contribution in [2.24, 2.45) is 46.3 Å². The van der Waals surface area contributed by atoms with Crippen molar-refractivity contribution in [1.82, 2.24) is 0 Å². The van der Waals surface area contributed by atoms with Gasteiger partial charge in [0.2, 0.25) is 0 Å². The van der Waals surface area contributed by atoms with Crippen LogP contribution in [-0.4, -0.2) is 20.7 Å². The van der Waals surface area contributed by atoms with E-state index in [0.717, 1.165) is 36.5 Å². The van der Waals surface area contributed by atoms with Crippen LogP contribution in [0.25, 0.3) is 0 Å². The van der Waals surface area contributed by atoms with Gasteiger partial charge in [-0.2, -0.15) is 8.42 Å². The maximum Gasteiger partial charge on any atom is 0.531 e. The van der Waals surface area contributed by atoms with Crippen molar-refractivity contribution >= 4 is 16.6 Å². The van der Waals surface area contributed by atoms with Crippen LogP contribution >= 0.6 is 0 Å². The van der Waals surface area contributed by atoms with Crippen LogP contribution in [0.3, 0.4) is 0 Å². The molecule has 4 saturated carbocycles. The molecule has 38 heavy (non-hydrogen) atoms. The minimum atomic E-state index is -4.50. The summed E-state index contributed by atoms with van der Waals surface area (Å²) in [5, 5.41) is 0. The van der Waals surface area contributed by atoms with Gasteiger partial charge >= 0.3 is 16.6 Å². The molecule has 0 N–H and O–H groups in total. The van der Waals surface area contributed by atoms with E-state index >= 15 is 0 Å². The van der Waals surface area contributed by atoms with Crippen molar-refractivity contribution < 1.29 is 26.3 Å². The lowest BCUT2D eigenvalue weighted by molar-refractivity contribution is -0.127. The first kappa shape index (κ1) is 27.9. The van der Waals surface area contributed by atoms with Gasteiger partial charge < -0.3 is 4.74 Å². The standard InChI is InChI=1S/C31H46O6S/c1-5-9-21(2)26-14-15-27-25-13-12-22-20-24(16-18-30(22,3)28(25)17-19-31(26,27)4)36-38(33,34)37-29(32)35-23-10-7-6-8-11-23/h6-8,10-11,21-22,24-28H,5,9,12-20H2,1-4H3/t21-,22?,24?,25?,26-,27?,28?,30+,31-/m1/s1. The van der Waals surface area contributed by atoms with Crippen molar-refractivity contribution in [3.8, 4) is 5.75 Å². The van der Waals surface area contributed by atoms with Gasteiger partial charge in [0.05, 0.1) is 6.10 Å². The number of fused-ring (bicyclic) bond motifs is 5. The lowest BCUT2D eigenvalue weighted by Crippen LogP contribution is -2.54. The Morgan fingerprint density at radius 1 is 0.974 bits per heavy atom. The summed E-state index contributed by atoms with van der Waals surface area (Å²) in [6, 6.07) is 8.25. The second kappa shape index (κ2) is 10.8. The molecule has 212 valence electrons. The molecule has 6 nitrogen and oxygen atoms in total. The molecule has 1 aromatic carbocycles. The predicted octanol–water partition coefficient (Wildman–Crippen LogP) is 7.93. The molecule has 4 aliphatic carbocycles. The van der Waals surface area contributed by atoms with Gasteiger partial charge in [-0.1, -0.05) is 58.7 Å². The molecule has 0 aromatic heterocycles. The fourth-order valence-electron chi connectivity index (χ4n) is 9.81. The predicted molar refractivity (Wildman–Crippen MR) is 147 cm³/mol. The highest BCUT2D eigenvalue weighted by atomic mass is 32.3. The first-order valence-corrected chi connectivity index (χ1v) is 16.3. The Morgan fingerprint density at radius 3 is 2.42 bits per heavy atom. The molecule has 0 aliphatic heterocycles. The molecule has 4 aliphatic rings. The first-order chi connectivity index (χ1) is 18.1. The molecule has 0 radical (unpaired) electrons. The Labute approximate surface area is 229 Å². The highest BCUT2D eigenvalue weighted by Crippen LogP contribution is 2.68. The summed E-state index contributed by atoms with van der Waals surface area (Å²) in [5.74, 6) is 4.69. The van der Waals surface area contributed by atoms with Crippen LogP contribution in [-0.2, 0) is 18.8 Å². The topological polar surface area (TPSA) is 78.9 Å². The summed E-state index contributed by atoms with van der Waals surface area (Å²) in [4.78, 5) is 12.0. The Kier molecular flexibility index (Phi) is 7.91. The van der Waals surface area contributed by atoms with Gasteiger partial charge in [0, 0.05) is 0 Å². The molecule has 7 heteroatoms. The van der Waals surface area contributed by atoms with Crippen LogP contribution in [0.4, 0.5) is 4.79 Å². The van der Waals surface area contributed by atoms with Crippen molar-refractivity contribution in [2.45, 2.75) is 104 Å². The normalized spacial score (nSPS) is 39.4. The fourth-order valence-corrected chi connectivity index (χ4v) is 10.6. The zero-order chi connectivity index (χ0) is 27.1. The lowest BCUT2D eigenvalue weighted by atomic mass is 9.44. The Bertz CT molecular complexity index is 1090. The number of carbonyl (C=O) groups excluding carboxylic acids is 1. The van der Waals surface area contributed by atoms with E-state index in [1.54, 1.807) is 30.3 Å². The van der Waals surface area contributed by atoms with Gasteiger partial charge in [-0.25, -0.2) is 8.98 Å². The van der Waals surface area contributed by atoms with Crippen LogP contribution in [0.2, 0.25) is 0 Å². The van der Waals surface area contributed by atoms with Crippen molar-refractivity contribution in [3.63, 3.8) is 0 Å². The molecule has 0 bridgehead atoms. The minimum Gasteiger partial charge on any atom is -0.394 e. The number of benzene rings is 1. The second-order valence-electron chi connectivity index (χ2n) is 13.3. The molecule has 9 atom stereocenters. The van der Waals surface area contributed by atoms with Crippen LogP contribution in [0.5, 0.6) is 5.75 Å². The van der Waals surface area contributed by atoms with E-state index in [9.17, 15) is 13.2 Å². The van der Waals surface area contributed by atoms with Gasteiger partial charge in [-0.3, -0.25) is 4.18 Å². The average molecular weight is 547 g/mol. The smallest absolute Gasteiger partial charge is 0.394 e. The molecule has 0 spiro atoms. The third-order valence-electron chi connectivity index (χ3n) is 11.5. The van der Waals surface area contributed by atoms with E-state index < -0.39 is 22.7 Å². The molecule has 1 aromatic rings. The van der Waals surface area contributed by atoms with Crippen LogP contribution < -0.4 is 4.74 Å². The van der Waals surface area contributed by atoms with Gasteiger partial charge in [0.25, 0.3) is 0 Å². The van der Waals surface area contributed by atoms with E-state index in [-0.39, 0.29) is 11.2 Å². The third-order valence-corrected chi connectivity index (χ3v) is 12.3. The maximum absolute atomic E-state index is 12.5. The average Bonchev–Trinajstić information content (AvgIpc) is 3.22. The summed E-state index contributed by atoms with van der Waals surface area (Å²) in [6.45, 7) is 9.90. The molecular weight excluding hydrogens is 500 g/mol. The summed E-state index contributed by atoms with van der Waals surface area (Å²) in [6.07, 6.45) is 11.0. The highest BCUT2D eigenvalue weighted by molar-refractivity contribution is 7.82. The Balaban J connectivity index is 1.20. The molecule has 0 saturated heterocycles. The highest BCUT2D eigenvalue weighted by Gasteiger charge is 2.60. The van der Waals surface area contributed by atoms with Crippen LogP contribution in [0, 0.1) is 46.3 Å². The maximum atomic E-state index is 12.5. The Morgan fingerprint density at radius 2 is 1.68 bits per heavy atom. The van der Waals surface area contributed by atoms with Gasteiger partial charge in [0.1, 0.15) is 5.75 Å². The zero-order valence-corrected chi connectivity index (χ0v) is 24.4. The van der Waals surface area contributed by atoms with E-state index in [2.05, 4.69) is 31.9 Å². The summed E-state index contributed by atoms with van der Waals surface area (Å²) < 4.78 is 40.0. The van der Waals surface area contributed by atoms with Crippen LogP contribution in [0.15, 0.2) is 30.3 Å². The molecule has 0 amide bonds. The number of hydrogen-bond acceptors (Lipinski definition) is 6. The van der Waals surface area contributed by atoms with Crippen molar-refractivity contribution in [2.75, 3.05) is 0 Å². The lowest BCUT2D eigenvalue weighted by Gasteiger charge is -2.61. The number of para-hydroxylation sites is 1. The van der Waals surface area contributed by atoms with Gasteiger partial charge in [-0.05, 0) is 116 Å². The molecular formula is C31H46O6S. The third kappa shape index (κ3) is 5.26. The second-order valence-corrected chi connectivity index (χ2v) is 14.5. The number of ether oxygens (including phenoxy) is 1. The summed E-state index contributed by atoms with van der Waals surface area (Å²) in [7, 11) is -4.50. The van der Waals surface area contributed by atoms with Gasteiger partial charge in [0.15, 0.2) is 0 Å². The molecule has 0 heterocycles. The van der Waals surface area contributed by atoms with E-state index in [1.807, 2.05) is 0 Å². The SMILES string of the molecule is CCC[C@@H](C)[C@H]1CCC2C3CCC4CC(OS(=O)(=O)OC(=O)Oc5ccccc5)CC[C@]4(C)C3CC[C@@]21C. The zero-order valence-electron chi connectivity index (χ0n) is 23.6. The van der Waals surface area contributed by atoms with E-state index in [4.69, 9.17) is 8.92 Å². The summed E-state index contributed by atoms with van der Waals surface area (Å²) in [5.41, 5.74) is 0.715. The van der Waals surface area contributed by atoms with E-state index in [0.29, 0.717) is 30.1 Å². The number of hydrogen-bond donors (Lipinski definition) is 0.